The summed E-state index contributed by atoms with van der Waals surface area (Å²) in [6, 6.07) is 17.6. The van der Waals surface area contributed by atoms with E-state index in [1.807, 2.05) is 0 Å². The number of amides is 1. The van der Waals surface area contributed by atoms with Gasteiger partial charge in [0.1, 0.15) is 12.3 Å². The molecule has 0 saturated heterocycles. The number of benzene rings is 3. The van der Waals surface area contributed by atoms with Crippen molar-refractivity contribution in [3.63, 3.8) is 0 Å². The molecule has 1 amide bonds. The number of rotatable bonds is 7. The molecule has 0 aliphatic rings. The molecule has 3 rings (SSSR count). The lowest BCUT2D eigenvalue weighted by Crippen LogP contribution is -2.38. The molecule has 0 radical (unpaired) electrons. The summed E-state index contributed by atoms with van der Waals surface area (Å²) in [5, 5.41) is 2.33. The van der Waals surface area contributed by atoms with Gasteiger partial charge in [-0.25, -0.2) is 8.42 Å². The first-order valence-corrected chi connectivity index (χ1v) is 10.7. The predicted molar refractivity (Wildman–Crippen MR) is 114 cm³/mol. The number of halogens is 3. The van der Waals surface area contributed by atoms with Gasteiger partial charge < -0.3 is 10.1 Å². The fraction of sp³-hybridized carbons (Fsp3) is 0.136. The maximum Gasteiger partial charge on any atom is 0.416 e. The van der Waals surface area contributed by atoms with Crippen molar-refractivity contribution in [2.45, 2.75) is 11.1 Å². The van der Waals surface area contributed by atoms with Crippen molar-refractivity contribution in [3.8, 4) is 5.75 Å². The number of ether oxygens (including phenoxy) is 1. The van der Waals surface area contributed by atoms with Gasteiger partial charge in [0, 0.05) is 5.69 Å². The lowest BCUT2D eigenvalue weighted by Gasteiger charge is -2.24. The SMILES string of the molecule is COc1ccc(N(CC(=O)Nc2cccc(C(F)(F)F)c2)S(=O)(=O)c2ccccc2)cc1. The van der Waals surface area contributed by atoms with Crippen molar-refractivity contribution in [1.29, 1.82) is 0 Å². The summed E-state index contributed by atoms with van der Waals surface area (Å²) in [6.45, 7) is -0.653. The molecule has 0 unspecified atom stereocenters. The Morgan fingerprint density at radius 3 is 2.22 bits per heavy atom. The first-order chi connectivity index (χ1) is 15.1. The van der Waals surface area contributed by atoms with E-state index in [9.17, 15) is 26.4 Å². The smallest absolute Gasteiger partial charge is 0.416 e. The summed E-state index contributed by atoms with van der Waals surface area (Å²) in [5.74, 6) is -0.320. The molecule has 3 aromatic rings. The average Bonchev–Trinajstić information content (AvgIpc) is 2.78. The number of carbonyl (C=O) groups excluding carboxylic acids is 1. The Hall–Kier alpha value is -3.53. The largest absolute Gasteiger partial charge is 0.497 e. The fourth-order valence-corrected chi connectivity index (χ4v) is 4.33. The Morgan fingerprint density at radius 1 is 0.969 bits per heavy atom. The van der Waals surface area contributed by atoms with E-state index in [1.54, 1.807) is 18.2 Å². The zero-order chi connectivity index (χ0) is 23.4. The predicted octanol–water partition coefficient (Wildman–Crippen LogP) is 4.55. The van der Waals surface area contributed by atoms with Crippen molar-refractivity contribution in [2.75, 3.05) is 23.3 Å². The van der Waals surface area contributed by atoms with E-state index in [2.05, 4.69) is 5.32 Å². The Morgan fingerprint density at radius 2 is 1.62 bits per heavy atom. The topological polar surface area (TPSA) is 75.7 Å². The third-order valence-corrected chi connectivity index (χ3v) is 6.24. The first kappa shape index (κ1) is 23.1. The van der Waals surface area contributed by atoms with Crippen molar-refractivity contribution in [3.05, 3.63) is 84.4 Å². The van der Waals surface area contributed by atoms with Gasteiger partial charge in [-0.15, -0.1) is 0 Å². The van der Waals surface area contributed by atoms with E-state index in [0.29, 0.717) is 5.75 Å². The third kappa shape index (κ3) is 5.38. The second-order valence-corrected chi connectivity index (χ2v) is 8.51. The van der Waals surface area contributed by atoms with E-state index in [1.165, 1.54) is 49.6 Å². The zero-order valence-electron chi connectivity index (χ0n) is 16.8. The molecular weight excluding hydrogens is 445 g/mol. The standard InChI is InChI=1S/C22H19F3N2O4S/c1-31-19-12-10-18(11-13-19)27(32(29,30)20-8-3-2-4-9-20)15-21(28)26-17-7-5-6-16(14-17)22(23,24)25/h2-14H,15H2,1H3,(H,26,28). The molecule has 168 valence electrons. The highest BCUT2D eigenvalue weighted by atomic mass is 32.2. The number of hydrogen-bond acceptors (Lipinski definition) is 4. The van der Waals surface area contributed by atoms with Crippen molar-refractivity contribution < 1.29 is 31.1 Å². The molecule has 0 spiro atoms. The van der Waals surface area contributed by atoms with E-state index >= 15 is 0 Å². The minimum Gasteiger partial charge on any atom is -0.497 e. The fourth-order valence-electron chi connectivity index (χ4n) is 2.89. The lowest BCUT2D eigenvalue weighted by atomic mass is 10.2. The molecule has 0 fully saturated rings. The average molecular weight is 464 g/mol. The lowest BCUT2D eigenvalue weighted by molar-refractivity contribution is -0.137. The van der Waals surface area contributed by atoms with Crippen LogP contribution in [0, 0.1) is 0 Å². The maximum atomic E-state index is 13.2. The summed E-state index contributed by atoms with van der Waals surface area (Å²) >= 11 is 0. The van der Waals surface area contributed by atoms with Crippen LogP contribution in [0.3, 0.4) is 0 Å². The number of methoxy groups -OCH3 is 1. The number of hydrogen-bond donors (Lipinski definition) is 1. The highest BCUT2D eigenvalue weighted by molar-refractivity contribution is 7.92. The number of nitrogens with one attached hydrogen (secondary N) is 1. The number of alkyl halides is 3. The summed E-state index contributed by atoms with van der Waals surface area (Å²) in [5.41, 5.74) is -0.843. The van der Waals surface area contributed by atoms with Gasteiger partial charge in [0.2, 0.25) is 5.91 Å². The molecule has 0 aliphatic carbocycles. The van der Waals surface area contributed by atoms with Crippen molar-refractivity contribution in [1.82, 2.24) is 0 Å². The Labute approximate surface area is 183 Å². The van der Waals surface area contributed by atoms with E-state index in [4.69, 9.17) is 4.74 Å². The van der Waals surface area contributed by atoms with Crippen LogP contribution in [0.2, 0.25) is 0 Å². The molecule has 0 bridgehead atoms. The number of nitrogens with zero attached hydrogens (tertiary/aromatic N) is 1. The van der Waals surface area contributed by atoms with Crippen LogP contribution >= 0.6 is 0 Å². The quantitative estimate of drug-likeness (QED) is 0.557. The van der Waals surface area contributed by atoms with Gasteiger partial charge >= 0.3 is 6.18 Å². The summed E-state index contributed by atoms with van der Waals surface area (Å²) in [6.07, 6.45) is -4.58. The van der Waals surface area contributed by atoms with E-state index in [-0.39, 0.29) is 16.3 Å². The number of sulfonamides is 1. The van der Waals surface area contributed by atoms with Gasteiger partial charge in [0.15, 0.2) is 0 Å². The van der Waals surface area contributed by atoms with Crippen molar-refractivity contribution in [2.24, 2.45) is 0 Å². The zero-order valence-corrected chi connectivity index (χ0v) is 17.7. The Balaban J connectivity index is 1.91. The summed E-state index contributed by atoms with van der Waals surface area (Å²) < 4.78 is 71.2. The van der Waals surface area contributed by atoms with Gasteiger partial charge in [0.25, 0.3) is 10.0 Å². The molecular formula is C22H19F3N2O4S. The van der Waals surface area contributed by atoms with E-state index in [0.717, 1.165) is 22.5 Å². The van der Waals surface area contributed by atoms with Gasteiger partial charge in [-0.1, -0.05) is 24.3 Å². The van der Waals surface area contributed by atoms with Crippen LogP contribution in [0.4, 0.5) is 24.5 Å². The summed E-state index contributed by atoms with van der Waals surface area (Å²) in [4.78, 5) is 12.6. The molecule has 0 heterocycles. The van der Waals surface area contributed by atoms with Gasteiger partial charge in [-0.3, -0.25) is 9.10 Å². The van der Waals surface area contributed by atoms with Gasteiger partial charge in [-0.2, -0.15) is 13.2 Å². The minimum absolute atomic E-state index is 0.0392. The monoisotopic (exact) mass is 464 g/mol. The molecule has 0 aliphatic heterocycles. The van der Waals surface area contributed by atoms with Crippen LogP contribution in [0.25, 0.3) is 0 Å². The molecule has 0 atom stereocenters. The maximum absolute atomic E-state index is 13.2. The second-order valence-electron chi connectivity index (χ2n) is 6.65. The highest BCUT2D eigenvalue weighted by Crippen LogP contribution is 2.31. The minimum atomic E-state index is -4.58. The van der Waals surface area contributed by atoms with Crippen LogP contribution in [-0.2, 0) is 21.0 Å². The Kier molecular flexibility index (Phi) is 6.73. The van der Waals surface area contributed by atoms with Crippen LogP contribution in [0.1, 0.15) is 5.56 Å². The van der Waals surface area contributed by atoms with Gasteiger partial charge in [0.05, 0.1) is 23.3 Å². The van der Waals surface area contributed by atoms with Crippen LogP contribution in [0.15, 0.2) is 83.8 Å². The van der Waals surface area contributed by atoms with Crippen LogP contribution < -0.4 is 14.4 Å². The molecule has 0 aromatic heterocycles. The van der Waals surface area contributed by atoms with Crippen LogP contribution in [-0.4, -0.2) is 28.0 Å². The number of carbonyl (C=O) groups is 1. The molecule has 6 nitrogen and oxygen atoms in total. The molecule has 0 saturated carbocycles. The summed E-state index contributed by atoms with van der Waals surface area (Å²) in [7, 11) is -2.69. The molecule has 3 aromatic carbocycles. The number of anilines is 2. The first-order valence-electron chi connectivity index (χ1n) is 9.30. The normalized spacial score (nSPS) is 11.6. The second kappa shape index (κ2) is 9.31. The molecule has 1 N–H and O–H groups in total. The Bertz CT molecular complexity index is 1180. The van der Waals surface area contributed by atoms with E-state index < -0.39 is 34.2 Å². The third-order valence-electron chi connectivity index (χ3n) is 4.45. The molecule has 10 heteroatoms. The molecule has 32 heavy (non-hydrogen) atoms. The van der Waals surface area contributed by atoms with Crippen LogP contribution in [0.5, 0.6) is 5.75 Å². The van der Waals surface area contributed by atoms with Gasteiger partial charge in [-0.05, 0) is 54.6 Å². The van der Waals surface area contributed by atoms with Crippen molar-refractivity contribution >= 4 is 27.3 Å². The highest BCUT2D eigenvalue weighted by Gasteiger charge is 2.31.